The quantitative estimate of drug-likeness (QED) is 0.581. The van der Waals surface area contributed by atoms with Crippen LogP contribution < -0.4 is 5.73 Å². The van der Waals surface area contributed by atoms with Gasteiger partial charge in [0.05, 0.1) is 5.69 Å². The van der Waals surface area contributed by atoms with Crippen LogP contribution in [0.2, 0.25) is 0 Å². The van der Waals surface area contributed by atoms with Crippen molar-refractivity contribution in [3.05, 3.63) is 59.8 Å². The number of pyridine rings is 1. The summed E-state index contributed by atoms with van der Waals surface area (Å²) in [6, 6.07) is 12.1. The van der Waals surface area contributed by atoms with Crippen LogP contribution in [0, 0.1) is 0 Å². The van der Waals surface area contributed by atoms with E-state index in [9.17, 15) is 4.79 Å². The Morgan fingerprint density at radius 1 is 1.09 bits per heavy atom. The first-order valence-corrected chi connectivity index (χ1v) is 8.22. The second-order valence-electron chi connectivity index (χ2n) is 5.72. The molecule has 0 radical (unpaired) electrons. The number of primary amides is 1. The van der Waals surface area contributed by atoms with Gasteiger partial charge in [0.1, 0.15) is 0 Å². The highest BCUT2D eigenvalue weighted by atomic mass is 16.1. The van der Waals surface area contributed by atoms with Crippen molar-refractivity contribution in [1.29, 1.82) is 0 Å². The molecule has 0 aliphatic carbocycles. The van der Waals surface area contributed by atoms with Gasteiger partial charge in [-0.3, -0.25) is 9.78 Å². The number of benzene rings is 1. The first-order chi connectivity index (χ1) is 11.2. The molecule has 0 saturated carbocycles. The minimum atomic E-state index is -0.440. The van der Waals surface area contributed by atoms with Crippen LogP contribution in [0.4, 0.5) is 0 Å². The van der Waals surface area contributed by atoms with Crippen molar-refractivity contribution in [2.45, 2.75) is 39.0 Å². The van der Waals surface area contributed by atoms with Crippen LogP contribution in [0.3, 0.4) is 0 Å². The van der Waals surface area contributed by atoms with Gasteiger partial charge in [-0.05, 0) is 36.1 Å². The molecule has 3 heteroatoms. The van der Waals surface area contributed by atoms with E-state index in [-0.39, 0.29) is 0 Å². The van der Waals surface area contributed by atoms with Gasteiger partial charge in [0.2, 0.25) is 5.91 Å². The van der Waals surface area contributed by atoms with E-state index in [1.54, 1.807) is 6.08 Å². The van der Waals surface area contributed by atoms with Gasteiger partial charge in [-0.2, -0.15) is 0 Å². The number of carbonyl (C=O) groups excluding carboxylic acids is 1. The number of nitrogens with zero attached hydrogens (tertiary/aromatic N) is 1. The van der Waals surface area contributed by atoms with Gasteiger partial charge < -0.3 is 5.73 Å². The molecule has 2 aromatic rings. The molecule has 23 heavy (non-hydrogen) atoms. The molecule has 0 aliphatic heterocycles. The van der Waals surface area contributed by atoms with Crippen molar-refractivity contribution < 1.29 is 4.79 Å². The Morgan fingerprint density at radius 2 is 1.87 bits per heavy atom. The highest BCUT2D eigenvalue weighted by Crippen LogP contribution is 2.19. The summed E-state index contributed by atoms with van der Waals surface area (Å²) >= 11 is 0. The second kappa shape index (κ2) is 8.89. The molecule has 0 fully saturated rings. The van der Waals surface area contributed by atoms with Crippen molar-refractivity contribution in [3.63, 3.8) is 0 Å². The number of carbonyl (C=O) groups is 1. The molecular weight excluding hydrogens is 284 g/mol. The van der Waals surface area contributed by atoms with E-state index < -0.39 is 5.91 Å². The van der Waals surface area contributed by atoms with Crippen LogP contribution in [0.1, 0.15) is 43.7 Å². The second-order valence-corrected chi connectivity index (χ2v) is 5.72. The largest absolute Gasteiger partial charge is 0.366 e. The summed E-state index contributed by atoms with van der Waals surface area (Å²) in [5.41, 5.74) is 9.37. The molecule has 2 N–H and O–H groups in total. The number of hydrogen-bond acceptors (Lipinski definition) is 2. The predicted octanol–water partition coefficient (Wildman–Crippen LogP) is 4.37. The van der Waals surface area contributed by atoms with E-state index in [1.807, 2.05) is 30.5 Å². The van der Waals surface area contributed by atoms with E-state index in [4.69, 9.17) is 5.73 Å². The third-order valence-corrected chi connectivity index (χ3v) is 3.79. The van der Waals surface area contributed by atoms with E-state index in [1.165, 1.54) is 37.3 Å². The molecule has 0 unspecified atom stereocenters. The zero-order valence-electron chi connectivity index (χ0n) is 13.7. The number of nitrogens with two attached hydrogens (primary N) is 1. The summed E-state index contributed by atoms with van der Waals surface area (Å²) < 4.78 is 0. The predicted molar refractivity (Wildman–Crippen MR) is 95.7 cm³/mol. The summed E-state index contributed by atoms with van der Waals surface area (Å²) in [4.78, 5) is 15.3. The Bertz CT molecular complexity index is 642. The molecule has 120 valence electrons. The van der Waals surface area contributed by atoms with Gasteiger partial charge in [0.15, 0.2) is 0 Å². The number of rotatable bonds is 8. The van der Waals surface area contributed by atoms with E-state index in [0.717, 1.165) is 23.2 Å². The van der Waals surface area contributed by atoms with Crippen molar-refractivity contribution in [3.8, 4) is 11.3 Å². The van der Waals surface area contributed by atoms with Gasteiger partial charge in [0.25, 0.3) is 0 Å². The minimum absolute atomic E-state index is 0.440. The van der Waals surface area contributed by atoms with Crippen LogP contribution >= 0.6 is 0 Å². The number of unbranched alkanes of at least 4 members (excludes halogenated alkanes) is 3. The first-order valence-electron chi connectivity index (χ1n) is 8.22. The van der Waals surface area contributed by atoms with Gasteiger partial charge >= 0.3 is 0 Å². The summed E-state index contributed by atoms with van der Waals surface area (Å²) in [6.07, 6.45) is 11.2. The third kappa shape index (κ3) is 5.70. The van der Waals surface area contributed by atoms with Gasteiger partial charge in [-0.1, -0.05) is 56.5 Å². The monoisotopic (exact) mass is 308 g/mol. The van der Waals surface area contributed by atoms with Gasteiger partial charge in [-0.15, -0.1) is 0 Å². The zero-order chi connectivity index (χ0) is 16.5. The smallest absolute Gasteiger partial charge is 0.241 e. The van der Waals surface area contributed by atoms with Gasteiger partial charge in [0, 0.05) is 17.8 Å². The van der Waals surface area contributed by atoms with Crippen LogP contribution in [-0.4, -0.2) is 10.9 Å². The van der Waals surface area contributed by atoms with Crippen LogP contribution in [0.25, 0.3) is 17.3 Å². The molecule has 1 heterocycles. The lowest BCUT2D eigenvalue weighted by Crippen LogP contribution is -2.04. The van der Waals surface area contributed by atoms with Crippen LogP contribution in [0.15, 0.2) is 48.7 Å². The summed E-state index contributed by atoms with van der Waals surface area (Å²) in [5.74, 6) is -0.440. The van der Waals surface area contributed by atoms with Crippen LogP contribution in [0.5, 0.6) is 0 Å². The molecule has 1 amide bonds. The lowest BCUT2D eigenvalue weighted by molar-refractivity contribution is -0.113. The average Bonchev–Trinajstić information content (AvgIpc) is 2.58. The van der Waals surface area contributed by atoms with E-state index >= 15 is 0 Å². The molecule has 0 saturated heterocycles. The Kier molecular flexibility index (Phi) is 6.55. The summed E-state index contributed by atoms with van der Waals surface area (Å²) in [7, 11) is 0. The van der Waals surface area contributed by atoms with Crippen LogP contribution in [-0.2, 0) is 11.2 Å². The number of hydrogen-bond donors (Lipinski definition) is 1. The molecule has 3 nitrogen and oxygen atoms in total. The molecule has 2 rings (SSSR count). The van der Waals surface area contributed by atoms with Gasteiger partial charge in [-0.25, -0.2) is 0 Å². The standard InChI is InChI=1S/C20H24N2O/c1-2-3-4-5-6-17-9-13-19(22-15-17)18-11-7-16(8-12-18)10-14-20(21)23/h7-15H,2-6H2,1H3,(H2,21,23)/b14-10+. The van der Waals surface area contributed by atoms with Crippen molar-refractivity contribution in [2.75, 3.05) is 0 Å². The Hall–Kier alpha value is -2.42. The summed E-state index contributed by atoms with van der Waals surface area (Å²) in [5, 5.41) is 0. The molecule has 0 bridgehead atoms. The minimum Gasteiger partial charge on any atom is -0.366 e. The maximum absolute atomic E-state index is 10.7. The Morgan fingerprint density at radius 3 is 2.48 bits per heavy atom. The first kappa shape index (κ1) is 16.9. The number of amides is 1. The van der Waals surface area contributed by atoms with E-state index in [0.29, 0.717) is 0 Å². The number of aromatic nitrogens is 1. The fourth-order valence-corrected chi connectivity index (χ4v) is 2.44. The molecule has 0 aliphatic rings. The van der Waals surface area contributed by atoms with Crippen molar-refractivity contribution >= 4 is 12.0 Å². The molecular formula is C20H24N2O. The average molecular weight is 308 g/mol. The lowest BCUT2D eigenvalue weighted by Gasteiger charge is -2.04. The molecule has 0 atom stereocenters. The maximum Gasteiger partial charge on any atom is 0.241 e. The zero-order valence-corrected chi connectivity index (χ0v) is 13.7. The molecule has 0 spiro atoms. The third-order valence-electron chi connectivity index (χ3n) is 3.79. The number of aryl methyl sites for hydroxylation is 1. The fourth-order valence-electron chi connectivity index (χ4n) is 2.44. The van der Waals surface area contributed by atoms with Crippen molar-refractivity contribution in [2.24, 2.45) is 5.73 Å². The lowest BCUT2D eigenvalue weighted by atomic mass is 10.1. The Labute approximate surface area is 138 Å². The SMILES string of the molecule is CCCCCCc1ccc(-c2ccc(/C=C/C(N)=O)cc2)nc1. The summed E-state index contributed by atoms with van der Waals surface area (Å²) in [6.45, 7) is 2.23. The van der Waals surface area contributed by atoms with E-state index in [2.05, 4.69) is 24.0 Å². The Balaban J connectivity index is 1.97. The highest BCUT2D eigenvalue weighted by molar-refractivity contribution is 5.90. The highest BCUT2D eigenvalue weighted by Gasteiger charge is 2.00. The molecule has 1 aromatic heterocycles. The topological polar surface area (TPSA) is 56.0 Å². The fraction of sp³-hybridized carbons (Fsp3) is 0.300. The normalized spacial score (nSPS) is 11.0. The maximum atomic E-state index is 10.7. The molecule has 1 aromatic carbocycles. The van der Waals surface area contributed by atoms with Crippen molar-refractivity contribution in [1.82, 2.24) is 4.98 Å².